The lowest BCUT2D eigenvalue weighted by atomic mass is 9.87. The molecule has 20 heavy (non-hydrogen) atoms. The molecule has 1 aromatic rings. The largest absolute Gasteiger partial charge is 0.320 e. The number of rotatable bonds is 3. The molecule has 2 nitrogen and oxygen atoms in total. The lowest BCUT2D eigenvalue weighted by Crippen LogP contribution is -2.38. The van der Waals surface area contributed by atoms with Crippen LogP contribution in [0.15, 0.2) is 18.2 Å². The van der Waals surface area contributed by atoms with E-state index in [1.165, 1.54) is 12.1 Å². The monoisotopic (exact) mass is 276 g/mol. The van der Waals surface area contributed by atoms with Crippen molar-refractivity contribution in [1.29, 1.82) is 0 Å². The lowest BCUT2D eigenvalue weighted by Gasteiger charge is -2.35. The van der Waals surface area contributed by atoms with E-state index < -0.39 is 0 Å². The van der Waals surface area contributed by atoms with Crippen LogP contribution in [0, 0.1) is 23.1 Å². The minimum Gasteiger partial charge on any atom is -0.320 e. The Hall–Kier alpha value is -1.37. The summed E-state index contributed by atoms with van der Waals surface area (Å²) in [6, 6.07) is 5.18. The molecule has 1 unspecified atom stereocenters. The van der Waals surface area contributed by atoms with E-state index in [-0.39, 0.29) is 17.8 Å². The predicted octanol–water partition coefficient (Wildman–Crippen LogP) is 3.00. The van der Waals surface area contributed by atoms with Gasteiger partial charge in [0.15, 0.2) is 0 Å². The minimum absolute atomic E-state index is 0.192. The second kappa shape index (κ2) is 6.88. The van der Waals surface area contributed by atoms with E-state index in [9.17, 15) is 4.39 Å². The lowest BCUT2D eigenvalue weighted by molar-refractivity contribution is 0.134. The van der Waals surface area contributed by atoms with Gasteiger partial charge in [0.2, 0.25) is 0 Å². The van der Waals surface area contributed by atoms with Crippen LogP contribution in [-0.4, -0.2) is 24.5 Å². The Bertz CT molecular complexity index is 506. The molecule has 1 rings (SSSR count). The van der Waals surface area contributed by atoms with Crippen molar-refractivity contribution in [3.05, 3.63) is 35.1 Å². The summed E-state index contributed by atoms with van der Waals surface area (Å²) in [5, 5.41) is 0. The van der Waals surface area contributed by atoms with Crippen LogP contribution in [0.3, 0.4) is 0 Å². The van der Waals surface area contributed by atoms with Crippen molar-refractivity contribution in [2.45, 2.75) is 40.3 Å². The van der Waals surface area contributed by atoms with E-state index in [1.807, 2.05) is 6.07 Å². The fraction of sp³-hybridized carbons (Fsp3) is 0.529. The normalized spacial score (nSPS) is 13.0. The Morgan fingerprint density at radius 2 is 2.00 bits per heavy atom. The van der Waals surface area contributed by atoms with Crippen LogP contribution in [0.25, 0.3) is 0 Å². The molecule has 1 aromatic carbocycles. The molecule has 110 valence electrons. The molecule has 0 aliphatic rings. The molecule has 0 aliphatic carbocycles. The van der Waals surface area contributed by atoms with Crippen LogP contribution in [0.4, 0.5) is 4.39 Å². The van der Waals surface area contributed by atoms with Crippen LogP contribution >= 0.6 is 0 Å². The molecule has 1 atom stereocenters. The number of nitrogens with zero attached hydrogens (tertiary/aromatic N) is 1. The third-order valence-electron chi connectivity index (χ3n) is 3.73. The smallest absolute Gasteiger partial charge is 0.124 e. The van der Waals surface area contributed by atoms with Gasteiger partial charge in [-0.1, -0.05) is 38.7 Å². The van der Waals surface area contributed by atoms with E-state index >= 15 is 0 Å². The van der Waals surface area contributed by atoms with Crippen molar-refractivity contribution in [2.24, 2.45) is 11.1 Å². The Morgan fingerprint density at radius 3 is 2.55 bits per heavy atom. The zero-order valence-electron chi connectivity index (χ0n) is 13.1. The molecule has 0 bridgehead atoms. The number of hydrogen-bond donors (Lipinski definition) is 1. The molecule has 0 aliphatic heterocycles. The molecule has 0 fully saturated rings. The number of benzene rings is 1. The van der Waals surface area contributed by atoms with Gasteiger partial charge in [-0.25, -0.2) is 4.39 Å². The average Bonchev–Trinajstić information content (AvgIpc) is 2.36. The zero-order valence-corrected chi connectivity index (χ0v) is 13.1. The summed E-state index contributed by atoms with van der Waals surface area (Å²) in [4.78, 5) is 2.26. The Labute approximate surface area is 122 Å². The van der Waals surface area contributed by atoms with Crippen molar-refractivity contribution in [3.8, 4) is 11.8 Å². The van der Waals surface area contributed by atoms with E-state index in [0.29, 0.717) is 6.04 Å². The number of hydrogen-bond acceptors (Lipinski definition) is 2. The summed E-state index contributed by atoms with van der Waals surface area (Å²) in [5.74, 6) is 5.49. The highest BCUT2D eigenvalue weighted by atomic mass is 19.1. The van der Waals surface area contributed by atoms with E-state index in [0.717, 1.165) is 17.7 Å². The summed E-state index contributed by atoms with van der Waals surface area (Å²) in [7, 11) is 2.08. The fourth-order valence-corrected chi connectivity index (χ4v) is 2.02. The molecule has 0 saturated carbocycles. The minimum atomic E-state index is -0.262. The summed E-state index contributed by atoms with van der Waals surface area (Å²) in [6.45, 7) is 9.88. The first-order valence-corrected chi connectivity index (χ1v) is 6.93. The average molecular weight is 276 g/mol. The first-order chi connectivity index (χ1) is 9.25. The standard InChI is InChI=1S/C17H25FN2/c1-13(17(2,3)4)20(5)12-15-8-9-16(18)11-14(15)7-6-10-19/h8-9,11,13H,10,12,19H2,1-5H3. The fourth-order valence-electron chi connectivity index (χ4n) is 2.02. The van der Waals surface area contributed by atoms with Crippen molar-refractivity contribution in [2.75, 3.05) is 13.6 Å². The van der Waals surface area contributed by atoms with Crippen molar-refractivity contribution < 1.29 is 4.39 Å². The van der Waals surface area contributed by atoms with Gasteiger partial charge in [-0.3, -0.25) is 4.90 Å². The second-order valence-corrected chi connectivity index (χ2v) is 6.26. The molecule has 0 aromatic heterocycles. The molecule has 0 amide bonds. The van der Waals surface area contributed by atoms with Crippen LogP contribution < -0.4 is 5.73 Å². The quantitative estimate of drug-likeness (QED) is 0.860. The van der Waals surface area contributed by atoms with Gasteiger partial charge >= 0.3 is 0 Å². The molecule has 0 saturated heterocycles. The summed E-state index contributed by atoms with van der Waals surface area (Å²) in [6.07, 6.45) is 0. The molecule has 0 radical (unpaired) electrons. The topological polar surface area (TPSA) is 29.3 Å². The highest BCUT2D eigenvalue weighted by Gasteiger charge is 2.24. The molecule has 0 heterocycles. The van der Waals surface area contributed by atoms with Gasteiger partial charge in [-0.15, -0.1) is 0 Å². The van der Waals surface area contributed by atoms with Crippen molar-refractivity contribution >= 4 is 0 Å². The van der Waals surface area contributed by atoms with Crippen LogP contribution in [0.5, 0.6) is 0 Å². The van der Waals surface area contributed by atoms with Gasteiger partial charge in [0, 0.05) is 18.2 Å². The van der Waals surface area contributed by atoms with Crippen molar-refractivity contribution in [3.63, 3.8) is 0 Å². The van der Waals surface area contributed by atoms with Gasteiger partial charge in [-0.2, -0.15) is 0 Å². The first kappa shape index (κ1) is 16.7. The van der Waals surface area contributed by atoms with Gasteiger partial charge in [0.1, 0.15) is 5.82 Å². The zero-order chi connectivity index (χ0) is 15.3. The molecule has 3 heteroatoms. The Balaban J connectivity index is 2.97. The van der Waals surface area contributed by atoms with E-state index in [2.05, 4.69) is 51.5 Å². The molecular weight excluding hydrogens is 251 g/mol. The third-order valence-corrected chi connectivity index (χ3v) is 3.73. The molecular formula is C17H25FN2. The van der Waals surface area contributed by atoms with Crippen LogP contribution in [-0.2, 0) is 6.54 Å². The predicted molar refractivity (Wildman–Crippen MR) is 82.7 cm³/mol. The third kappa shape index (κ3) is 4.63. The maximum absolute atomic E-state index is 13.3. The Morgan fingerprint density at radius 1 is 1.35 bits per heavy atom. The second-order valence-electron chi connectivity index (χ2n) is 6.26. The summed E-state index contributed by atoms with van der Waals surface area (Å²) < 4.78 is 13.3. The van der Waals surface area contributed by atoms with Crippen LogP contribution in [0.1, 0.15) is 38.8 Å². The highest BCUT2D eigenvalue weighted by molar-refractivity contribution is 5.41. The summed E-state index contributed by atoms with van der Waals surface area (Å²) in [5.41, 5.74) is 7.34. The maximum Gasteiger partial charge on any atom is 0.124 e. The summed E-state index contributed by atoms with van der Waals surface area (Å²) >= 11 is 0. The first-order valence-electron chi connectivity index (χ1n) is 6.93. The van der Waals surface area contributed by atoms with Gasteiger partial charge in [-0.05, 0) is 37.1 Å². The molecule has 2 N–H and O–H groups in total. The van der Waals surface area contributed by atoms with Gasteiger partial charge < -0.3 is 5.73 Å². The van der Waals surface area contributed by atoms with Gasteiger partial charge in [0.25, 0.3) is 0 Å². The highest BCUT2D eigenvalue weighted by Crippen LogP contribution is 2.24. The van der Waals surface area contributed by atoms with E-state index in [1.54, 1.807) is 0 Å². The molecule has 0 spiro atoms. The van der Waals surface area contributed by atoms with Crippen LogP contribution in [0.2, 0.25) is 0 Å². The Kier molecular flexibility index (Phi) is 5.74. The number of nitrogens with two attached hydrogens (primary N) is 1. The SMILES string of the molecule is CC(N(C)Cc1ccc(F)cc1C#CCN)C(C)(C)C. The van der Waals surface area contributed by atoms with Crippen molar-refractivity contribution in [1.82, 2.24) is 4.90 Å². The maximum atomic E-state index is 13.3. The van der Waals surface area contributed by atoms with E-state index in [4.69, 9.17) is 5.73 Å². The number of halogens is 1. The van der Waals surface area contributed by atoms with Gasteiger partial charge in [0.05, 0.1) is 6.54 Å².